The maximum absolute atomic E-state index is 12.8. The van der Waals surface area contributed by atoms with Crippen LogP contribution in [-0.4, -0.2) is 42.6 Å². The summed E-state index contributed by atoms with van der Waals surface area (Å²) >= 11 is 0. The normalized spacial score (nSPS) is 45.7. The highest BCUT2D eigenvalue weighted by atomic mass is 16.5. The van der Waals surface area contributed by atoms with Crippen molar-refractivity contribution >= 4 is 5.91 Å². The van der Waals surface area contributed by atoms with Crippen molar-refractivity contribution in [3.05, 3.63) is 0 Å². The van der Waals surface area contributed by atoms with E-state index in [0.29, 0.717) is 17.7 Å². The predicted octanol–water partition coefficient (Wildman–Crippen LogP) is 1.39. The Balaban J connectivity index is 1.70. The first-order valence-electron chi connectivity index (χ1n) is 7.63. The number of hydrogen-bond donors (Lipinski definition) is 1. The molecule has 0 spiro atoms. The Labute approximate surface area is 115 Å². The summed E-state index contributed by atoms with van der Waals surface area (Å²) in [6.07, 6.45) is 5.67. The van der Waals surface area contributed by atoms with E-state index in [1.165, 1.54) is 19.3 Å². The third-order valence-corrected chi connectivity index (χ3v) is 5.73. The summed E-state index contributed by atoms with van der Waals surface area (Å²) in [6.45, 7) is 3.70. The van der Waals surface area contributed by atoms with E-state index in [4.69, 9.17) is 10.5 Å². The molecule has 0 aromatic rings. The summed E-state index contributed by atoms with van der Waals surface area (Å²) in [5.41, 5.74) is 6.12. The molecule has 1 heterocycles. The molecule has 0 radical (unpaired) electrons. The summed E-state index contributed by atoms with van der Waals surface area (Å²) in [4.78, 5) is 14.8. The molecule has 4 heteroatoms. The molecule has 2 bridgehead atoms. The van der Waals surface area contributed by atoms with Crippen LogP contribution in [0.15, 0.2) is 0 Å². The van der Waals surface area contributed by atoms with Crippen molar-refractivity contribution < 1.29 is 9.53 Å². The molecule has 2 aliphatic carbocycles. The fourth-order valence-corrected chi connectivity index (χ4v) is 4.47. The molecule has 5 atom stereocenters. The molecule has 3 rings (SSSR count). The Bertz CT molecular complexity index is 371. The van der Waals surface area contributed by atoms with Gasteiger partial charge in [0, 0.05) is 26.2 Å². The molecule has 0 aromatic carbocycles. The van der Waals surface area contributed by atoms with E-state index in [0.717, 1.165) is 25.9 Å². The van der Waals surface area contributed by atoms with Crippen LogP contribution in [0.1, 0.15) is 39.0 Å². The van der Waals surface area contributed by atoms with Crippen LogP contribution in [0.3, 0.4) is 0 Å². The zero-order valence-corrected chi connectivity index (χ0v) is 12.1. The van der Waals surface area contributed by atoms with Crippen molar-refractivity contribution in [2.75, 3.05) is 20.2 Å². The van der Waals surface area contributed by atoms with E-state index in [1.807, 2.05) is 4.90 Å². The minimum atomic E-state index is -0.171. The lowest BCUT2D eigenvalue weighted by atomic mass is 9.83. The lowest BCUT2D eigenvalue weighted by Crippen LogP contribution is -2.54. The van der Waals surface area contributed by atoms with Crippen LogP contribution in [-0.2, 0) is 9.53 Å². The van der Waals surface area contributed by atoms with Crippen molar-refractivity contribution in [3.63, 3.8) is 0 Å². The van der Waals surface area contributed by atoms with Gasteiger partial charge in [0.2, 0.25) is 5.91 Å². The van der Waals surface area contributed by atoms with Crippen molar-refractivity contribution in [3.8, 4) is 0 Å². The highest BCUT2D eigenvalue weighted by molar-refractivity contribution is 5.80. The zero-order valence-electron chi connectivity index (χ0n) is 12.1. The average molecular weight is 266 g/mol. The zero-order chi connectivity index (χ0) is 13.6. The molecule has 5 unspecified atom stereocenters. The van der Waals surface area contributed by atoms with Crippen LogP contribution in [0.25, 0.3) is 0 Å². The van der Waals surface area contributed by atoms with E-state index in [-0.39, 0.29) is 17.6 Å². The van der Waals surface area contributed by atoms with Gasteiger partial charge in [-0.2, -0.15) is 0 Å². The maximum Gasteiger partial charge on any atom is 0.227 e. The van der Waals surface area contributed by atoms with Gasteiger partial charge in [0.15, 0.2) is 0 Å². The summed E-state index contributed by atoms with van der Waals surface area (Å²) < 4.78 is 5.59. The predicted molar refractivity (Wildman–Crippen MR) is 73.5 cm³/mol. The standard InChI is InChI=1S/C15H26N2O2/c1-15(19-2)6-3-7-17(9-15)14(18)12-10-4-5-11(8-10)13(12)16/h10-13H,3-9,16H2,1-2H3. The number of carbonyl (C=O) groups excluding carboxylic acids is 1. The Morgan fingerprint density at radius 1 is 1.37 bits per heavy atom. The van der Waals surface area contributed by atoms with Gasteiger partial charge >= 0.3 is 0 Å². The molecule has 2 saturated carbocycles. The molecule has 4 nitrogen and oxygen atoms in total. The molecule has 0 aromatic heterocycles. The summed E-state index contributed by atoms with van der Waals surface area (Å²) in [6, 6.07) is 0.0991. The number of carbonyl (C=O) groups is 1. The van der Waals surface area contributed by atoms with Gasteiger partial charge in [0.1, 0.15) is 0 Å². The van der Waals surface area contributed by atoms with Crippen LogP contribution >= 0.6 is 0 Å². The second kappa shape index (κ2) is 4.74. The number of methoxy groups -OCH3 is 1. The Morgan fingerprint density at radius 3 is 2.74 bits per heavy atom. The summed E-state index contributed by atoms with van der Waals surface area (Å²) in [5, 5.41) is 0. The molecule has 1 amide bonds. The van der Waals surface area contributed by atoms with E-state index in [1.54, 1.807) is 7.11 Å². The third-order valence-electron chi connectivity index (χ3n) is 5.73. The second-order valence-electron chi connectivity index (χ2n) is 6.95. The first kappa shape index (κ1) is 13.4. The molecule has 1 aliphatic heterocycles. The SMILES string of the molecule is COC1(C)CCCN(C(=O)C2C3CCC(C3)C2N)C1. The van der Waals surface area contributed by atoms with Crippen molar-refractivity contribution in [1.29, 1.82) is 0 Å². The van der Waals surface area contributed by atoms with Gasteiger partial charge in [-0.15, -0.1) is 0 Å². The number of piperidine rings is 1. The number of hydrogen-bond acceptors (Lipinski definition) is 3. The highest BCUT2D eigenvalue weighted by Gasteiger charge is 2.50. The second-order valence-corrected chi connectivity index (χ2v) is 6.95. The Morgan fingerprint density at radius 2 is 2.11 bits per heavy atom. The van der Waals surface area contributed by atoms with Gasteiger partial charge < -0.3 is 15.4 Å². The van der Waals surface area contributed by atoms with Gasteiger partial charge in [-0.25, -0.2) is 0 Å². The number of fused-ring (bicyclic) bond motifs is 2. The summed E-state index contributed by atoms with van der Waals surface area (Å²) in [7, 11) is 1.75. The molecule has 1 saturated heterocycles. The molecule has 2 N–H and O–H groups in total. The lowest BCUT2D eigenvalue weighted by molar-refractivity contribution is -0.145. The minimum absolute atomic E-state index is 0.0814. The molecular formula is C15H26N2O2. The topological polar surface area (TPSA) is 55.6 Å². The van der Waals surface area contributed by atoms with Gasteiger partial charge in [-0.05, 0) is 50.9 Å². The number of nitrogens with two attached hydrogens (primary N) is 1. The van der Waals surface area contributed by atoms with Crippen molar-refractivity contribution in [2.45, 2.75) is 50.7 Å². The number of likely N-dealkylation sites (tertiary alicyclic amines) is 1. The monoisotopic (exact) mass is 266 g/mol. The third kappa shape index (κ3) is 2.19. The van der Waals surface area contributed by atoms with Gasteiger partial charge in [0.25, 0.3) is 0 Å². The molecular weight excluding hydrogens is 240 g/mol. The lowest BCUT2D eigenvalue weighted by Gasteiger charge is -2.42. The van der Waals surface area contributed by atoms with Crippen LogP contribution in [0.4, 0.5) is 0 Å². The largest absolute Gasteiger partial charge is 0.377 e. The molecule has 3 fully saturated rings. The van der Waals surface area contributed by atoms with Gasteiger partial charge in [-0.3, -0.25) is 4.79 Å². The van der Waals surface area contributed by atoms with Crippen LogP contribution in [0, 0.1) is 17.8 Å². The van der Waals surface area contributed by atoms with Gasteiger partial charge in [0.05, 0.1) is 11.5 Å². The first-order chi connectivity index (χ1) is 9.04. The average Bonchev–Trinajstić information content (AvgIpc) is 2.99. The first-order valence-corrected chi connectivity index (χ1v) is 7.63. The number of amides is 1. The van der Waals surface area contributed by atoms with E-state index >= 15 is 0 Å². The van der Waals surface area contributed by atoms with Crippen LogP contribution < -0.4 is 5.73 Å². The van der Waals surface area contributed by atoms with Crippen LogP contribution in [0.2, 0.25) is 0 Å². The van der Waals surface area contributed by atoms with Crippen LogP contribution in [0.5, 0.6) is 0 Å². The van der Waals surface area contributed by atoms with Crippen molar-refractivity contribution in [2.24, 2.45) is 23.5 Å². The minimum Gasteiger partial charge on any atom is -0.377 e. The number of nitrogens with zero attached hydrogens (tertiary/aromatic N) is 1. The van der Waals surface area contributed by atoms with Gasteiger partial charge in [-0.1, -0.05) is 0 Å². The van der Waals surface area contributed by atoms with E-state index in [9.17, 15) is 4.79 Å². The maximum atomic E-state index is 12.8. The Kier molecular flexibility index (Phi) is 3.34. The fourth-order valence-electron chi connectivity index (χ4n) is 4.47. The molecule has 108 valence electrons. The number of ether oxygens (including phenoxy) is 1. The smallest absolute Gasteiger partial charge is 0.227 e. The highest BCUT2D eigenvalue weighted by Crippen LogP contribution is 2.48. The number of rotatable bonds is 2. The fraction of sp³-hybridized carbons (Fsp3) is 0.933. The van der Waals surface area contributed by atoms with E-state index < -0.39 is 0 Å². The van der Waals surface area contributed by atoms with E-state index in [2.05, 4.69) is 6.92 Å². The Hall–Kier alpha value is -0.610. The quantitative estimate of drug-likeness (QED) is 0.821. The molecule has 3 aliphatic rings. The summed E-state index contributed by atoms with van der Waals surface area (Å²) in [5.74, 6) is 1.52. The van der Waals surface area contributed by atoms with Crippen molar-refractivity contribution in [1.82, 2.24) is 4.90 Å². The molecule has 19 heavy (non-hydrogen) atoms.